The minimum Gasteiger partial charge on any atom is -0.381 e. The SMILES string of the molecule is Cc1c2c(nn1C)C(=O)N(c1ccc3[nH]cnc3c1)C2c1ccc(N2CC3COCC3C2)cc1F. The number of benzene rings is 2. The highest BCUT2D eigenvalue weighted by Gasteiger charge is 2.44. The van der Waals surface area contributed by atoms with Crippen molar-refractivity contribution in [1.82, 2.24) is 19.7 Å². The van der Waals surface area contributed by atoms with Crippen LogP contribution in [-0.2, 0) is 11.8 Å². The minimum atomic E-state index is -0.608. The Labute approximate surface area is 201 Å². The maximum atomic E-state index is 15.9. The Morgan fingerprint density at radius 1 is 1.09 bits per heavy atom. The zero-order valence-electron chi connectivity index (χ0n) is 19.5. The van der Waals surface area contributed by atoms with Crippen LogP contribution in [0.3, 0.4) is 0 Å². The standard InChI is InChI=1S/C26H25FN6O2/c1-14-23-24(30-31(14)2)26(34)33(18-4-6-21-22(8-18)29-13-28-21)25(23)19-5-3-17(7-20(19)27)32-9-15-11-35-12-16(15)10-32/h3-8,13,15-16,25H,9-12H2,1-2H3,(H,28,29). The summed E-state index contributed by atoms with van der Waals surface area (Å²) in [5.41, 5.74) is 5.58. The molecule has 3 atom stereocenters. The number of hydrogen-bond acceptors (Lipinski definition) is 5. The van der Waals surface area contributed by atoms with Gasteiger partial charge in [-0.05, 0) is 37.3 Å². The number of rotatable bonds is 3. The molecule has 0 saturated carbocycles. The van der Waals surface area contributed by atoms with E-state index in [2.05, 4.69) is 20.0 Å². The van der Waals surface area contributed by atoms with E-state index in [0.717, 1.165) is 54.3 Å². The van der Waals surface area contributed by atoms with Crippen molar-refractivity contribution in [2.24, 2.45) is 18.9 Å². The molecule has 3 aliphatic heterocycles. The van der Waals surface area contributed by atoms with Gasteiger partial charge in [0.25, 0.3) is 5.91 Å². The number of nitrogens with zero attached hydrogens (tertiary/aromatic N) is 5. The van der Waals surface area contributed by atoms with E-state index in [1.807, 2.05) is 44.3 Å². The molecule has 2 aromatic heterocycles. The maximum Gasteiger partial charge on any atom is 0.280 e. The van der Waals surface area contributed by atoms with E-state index in [9.17, 15) is 4.79 Å². The van der Waals surface area contributed by atoms with Gasteiger partial charge in [-0.25, -0.2) is 9.37 Å². The quantitative estimate of drug-likeness (QED) is 0.493. The number of fused-ring (bicyclic) bond motifs is 3. The summed E-state index contributed by atoms with van der Waals surface area (Å²) in [5, 5.41) is 4.48. The van der Waals surface area contributed by atoms with Gasteiger partial charge in [0.05, 0.1) is 36.6 Å². The largest absolute Gasteiger partial charge is 0.381 e. The number of ether oxygens (including phenoxy) is 1. The summed E-state index contributed by atoms with van der Waals surface area (Å²) in [6.07, 6.45) is 1.62. The molecule has 2 saturated heterocycles. The lowest BCUT2D eigenvalue weighted by Crippen LogP contribution is -2.30. The van der Waals surface area contributed by atoms with Crippen molar-refractivity contribution < 1.29 is 13.9 Å². The third-order valence-corrected chi connectivity index (χ3v) is 7.90. The fraction of sp³-hybridized carbons (Fsp3) is 0.346. The van der Waals surface area contributed by atoms with Crippen molar-refractivity contribution in [3.8, 4) is 0 Å². The van der Waals surface area contributed by atoms with Gasteiger partial charge in [-0.3, -0.25) is 14.4 Å². The normalized spacial score (nSPS) is 23.5. The summed E-state index contributed by atoms with van der Waals surface area (Å²) >= 11 is 0. The van der Waals surface area contributed by atoms with Crippen LogP contribution in [0.25, 0.3) is 11.0 Å². The molecule has 1 N–H and O–H groups in total. The van der Waals surface area contributed by atoms with Gasteiger partial charge in [-0.1, -0.05) is 6.07 Å². The molecule has 3 aliphatic rings. The molecule has 178 valence electrons. The Morgan fingerprint density at radius 3 is 2.63 bits per heavy atom. The first-order chi connectivity index (χ1) is 17.0. The second kappa shape index (κ2) is 7.39. The zero-order chi connectivity index (χ0) is 23.8. The van der Waals surface area contributed by atoms with Gasteiger partial charge in [0.15, 0.2) is 5.69 Å². The molecule has 0 radical (unpaired) electrons. The molecule has 2 aromatic carbocycles. The number of carbonyl (C=O) groups is 1. The highest BCUT2D eigenvalue weighted by atomic mass is 19.1. The summed E-state index contributed by atoms with van der Waals surface area (Å²) < 4.78 is 23.1. The molecular formula is C26H25FN6O2. The first kappa shape index (κ1) is 20.6. The summed E-state index contributed by atoms with van der Waals surface area (Å²) in [5.74, 6) is 0.464. The number of amides is 1. The van der Waals surface area contributed by atoms with Gasteiger partial charge < -0.3 is 14.6 Å². The van der Waals surface area contributed by atoms with Crippen LogP contribution >= 0.6 is 0 Å². The van der Waals surface area contributed by atoms with Crippen LogP contribution in [0.4, 0.5) is 15.8 Å². The molecule has 0 bridgehead atoms. The second-order valence-corrected chi connectivity index (χ2v) is 9.82. The minimum absolute atomic E-state index is 0.237. The maximum absolute atomic E-state index is 15.9. The Kier molecular flexibility index (Phi) is 4.36. The Balaban J connectivity index is 1.32. The lowest BCUT2D eigenvalue weighted by molar-refractivity contribution is 0.0988. The van der Waals surface area contributed by atoms with Crippen molar-refractivity contribution in [3.05, 3.63) is 71.1 Å². The second-order valence-electron chi connectivity index (χ2n) is 9.82. The van der Waals surface area contributed by atoms with Crippen molar-refractivity contribution >= 4 is 28.3 Å². The number of aromatic amines is 1. The number of nitrogens with one attached hydrogen (secondary N) is 1. The van der Waals surface area contributed by atoms with E-state index in [0.29, 0.717) is 28.8 Å². The fourth-order valence-electron chi connectivity index (χ4n) is 5.93. The van der Waals surface area contributed by atoms with Crippen molar-refractivity contribution in [2.45, 2.75) is 13.0 Å². The average molecular weight is 473 g/mol. The highest BCUT2D eigenvalue weighted by molar-refractivity contribution is 6.11. The number of aromatic nitrogens is 4. The predicted octanol–water partition coefficient (Wildman–Crippen LogP) is 3.58. The molecule has 7 rings (SSSR count). The van der Waals surface area contributed by atoms with E-state index in [1.165, 1.54) is 0 Å². The molecule has 0 aliphatic carbocycles. The number of H-pyrrole nitrogens is 1. The Bertz CT molecular complexity index is 1480. The molecule has 3 unspecified atom stereocenters. The van der Waals surface area contributed by atoms with E-state index in [1.54, 1.807) is 22.0 Å². The molecule has 35 heavy (non-hydrogen) atoms. The molecule has 2 fully saturated rings. The van der Waals surface area contributed by atoms with Gasteiger partial charge in [-0.2, -0.15) is 5.10 Å². The molecule has 5 heterocycles. The number of hydrogen-bond donors (Lipinski definition) is 1. The summed E-state index contributed by atoms with van der Waals surface area (Å²) in [7, 11) is 1.81. The molecular weight excluding hydrogens is 447 g/mol. The van der Waals surface area contributed by atoms with Gasteiger partial charge in [0.1, 0.15) is 5.82 Å². The van der Waals surface area contributed by atoms with E-state index in [-0.39, 0.29) is 11.7 Å². The van der Waals surface area contributed by atoms with E-state index < -0.39 is 6.04 Å². The van der Waals surface area contributed by atoms with E-state index >= 15 is 4.39 Å². The van der Waals surface area contributed by atoms with Crippen LogP contribution in [0.2, 0.25) is 0 Å². The monoisotopic (exact) mass is 472 g/mol. The Hall–Kier alpha value is -3.72. The van der Waals surface area contributed by atoms with E-state index in [4.69, 9.17) is 4.74 Å². The van der Waals surface area contributed by atoms with Gasteiger partial charge in [0.2, 0.25) is 0 Å². The average Bonchev–Trinajstić information content (AvgIpc) is 3.64. The molecule has 8 nitrogen and oxygen atoms in total. The molecule has 1 amide bonds. The summed E-state index contributed by atoms with van der Waals surface area (Å²) in [4.78, 5) is 24.9. The first-order valence-electron chi connectivity index (χ1n) is 11.9. The summed E-state index contributed by atoms with van der Waals surface area (Å²) in [6, 6.07) is 10.4. The zero-order valence-corrected chi connectivity index (χ0v) is 19.5. The third kappa shape index (κ3) is 2.97. The number of anilines is 2. The van der Waals surface area contributed by atoms with Crippen LogP contribution in [0.5, 0.6) is 0 Å². The number of halogens is 1. The van der Waals surface area contributed by atoms with Crippen molar-refractivity contribution in [2.75, 3.05) is 36.1 Å². The third-order valence-electron chi connectivity index (χ3n) is 7.90. The van der Waals surface area contributed by atoms with Gasteiger partial charge >= 0.3 is 0 Å². The fourth-order valence-corrected chi connectivity index (χ4v) is 5.93. The van der Waals surface area contributed by atoms with Crippen LogP contribution < -0.4 is 9.80 Å². The topological polar surface area (TPSA) is 79.3 Å². The molecule has 0 spiro atoms. The van der Waals surface area contributed by atoms with Crippen LogP contribution in [0, 0.1) is 24.6 Å². The van der Waals surface area contributed by atoms with Crippen molar-refractivity contribution in [1.29, 1.82) is 0 Å². The first-order valence-corrected chi connectivity index (χ1v) is 11.9. The van der Waals surface area contributed by atoms with Crippen LogP contribution in [-0.4, -0.2) is 52.0 Å². The van der Waals surface area contributed by atoms with Gasteiger partial charge in [-0.15, -0.1) is 0 Å². The van der Waals surface area contributed by atoms with Crippen molar-refractivity contribution in [3.63, 3.8) is 0 Å². The summed E-state index contributed by atoms with van der Waals surface area (Å²) in [6.45, 7) is 5.25. The predicted molar refractivity (Wildman–Crippen MR) is 129 cm³/mol. The molecule has 9 heteroatoms. The smallest absolute Gasteiger partial charge is 0.280 e. The lowest BCUT2D eigenvalue weighted by atomic mass is 9.97. The molecule has 4 aromatic rings. The van der Waals surface area contributed by atoms with Gasteiger partial charge in [0, 0.05) is 60.2 Å². The van der Waals surface area contributed by atoms with Crippen LogP contribution in [0.15, 0.2) is 42.7 Å². The van der Waals surface area contributed by atoms with Crippen LogP contribution in [0.1, 0.15) is 33.4 Å². The Morgan fingerprint density at radius 2 is 1.86 bits per heavy atom. The number of imidazole rings is 1. The lowest BCUT2D eigenvalue weighted by Gasteiger charge is -2.28. The highest BCUT2D eigenvalue weighted by Crippen LogP contribution is 2.44. The number of carbonyl (C=O) groups excluding carboxylic acids is 1. The number of aryl methyl sites for hydroxylation is 1.